The van der Waals surface area contributed by atoms with Crippen LogP contribution in [0.4, 0.5) is 0 Å². The second-order valence-electron chi connectivity index (χ2n) is 7.69. The van der Waals surface area contributed by atoms with Crippen molar-refractivity contribution in [2.45, 2.75) is 31.1 Å². The highest BCUT2D eigenvalue weighted by atomic mass is 32.2. The van der Waals surface area contributed by atoms with Gasteiger partial charge < -0.3 is 0 Å². The zero-order valence-corrected chi connectivity index (χ0v) is 17.8. The third-order valence-electron chi connectivity index (χ3n) is 5.27. The third kappa shape index (κ3) is 5.52. The van der Waals surface area contributed by atoms with Gasteiger partial charge in [0, 0.05) is 12.0 Å². The Balaban J connectivity index is 1.66. The minimum absolute atomic E-state index is 0.0384. The van der Waals surface area contributed by atoms with Crippen LogP contribution < -0.4 is 4.90 Å². The summed E-state index contributed by atoms with van der Waals surface area (Å²) in [6.07, 6.45) is 6.30. The summed E-state index contributed by atoms with van der Waals surface area (Å²) in [5.74, 6) is 0.468. The summed E-state index contributed by atoms with van der Waals surface area (Å²) in [7, 11) is -3.37. The highest BCUT2D eigenvalue weighted by Crippen LogP contribution is 2.19. The topological polar surface area (TPSA) is 55.6 Å². The van der Waals surface area contributed by atoms with Crippen molar-refractivity contribution < 1.29 is 18.1 Å². The predicted octanol–water partition coefficient (Wildman–Crippen LogP) is 3.20. The van der Waals surface area contributed by atoms with Crippen LogP contribution in [0.2, 0.25) is 0 Å². The molecule has 0 amide bonds. The van der Waals surface area contributed by atoms with E-state index in [1.807, 2.05) is 60.7 Å². The van der Waals surface area contributed by atoms with Gasteiger partial charge in [-0.2, -0.15) is 0 Å². The van der Waals surface area contributed by atoms with Crippen molar-refractivity contribution in [2.24, 2.45) is 0 Å². The maximum atomic E-state index is 12.8. The zero-order valence-electron chi connectivity index (χ0n) is 17.0. The molecule has 3 rings (SSSR count). The number of allylic oxidation sites excluding steroid dienone is 3. The summed E-state index contributed by atoms with van der Waals surface area (Å²) in [5, 5.41) is 0. The van der Waals surface area contributed by atoms with Crippen LogP contribution in [0.3, 0.4) is 0 Å². The Morgan fingerprint density at radius 2 is 1.72 bits per heavy atom. The quantitative estimate of drug-likeness (QED) is 0.680. The fourth-order valence-corrected chi connectivity index (χ4v) is 4.71. The van der Waals surface area contributed by atoms with Crippen molar-refractivity contribution in [1.82, 2.24) is 0 Å². The maximum absolute atomic E-state index is 12.8. The molecule has 1 heterocycles. The highest BCUT2D eigenvalue weighted by molar-refractivity contribution is 7.91. The smallest absolute Gasteiger partial charge is 0.217 e. The Morgan fingerprint density at radius 1 is 1.03 bits per heavy atom. The molecule has 2 aromatic carbocycles. The number of Topliss-reactive ketones (excluding diaryl/α,β-unsaturated/α-hetero) is 1. The number of hydrogen-bond acceptors (Lipinski definition) is 3. The van der Waals surface area contributed by atoms with Crippen molar-refractivity contribution in [3.8, 4) is 0 Å². The average molecular weight is 411 g/mol. The van der Waals surface area contributed by atoms with Gasteiger partial charge in [-0.15, -0.1) is 0 Å². The Bertz CT molecular complexity index is 1000. The van der Waals surface area contributed by atoms with Crippen molar-refractivity contribution in [1.29, 1.82) is 0 Å². The molecule has 0 radical (unpaired) electrons. The van der Waals surface area contributed by atoms with Crippen LogP contribution >= 0.6 is 0 Å². The van der Waals surface area contributed by atoms with E-state index in [9.17, 15) is 13.2 Å². The third-order valence-corrected chi connectivity index (χ3v) is 7.00. The van der Waals surface area contributed by atoms with Gasteiger partial charge in [-0.3, -0.25) is 9.69 Å². The molecule has 4 nitrogen and oxygen atoms in total. The fraction of sp³-hybridized carbons (Fsp3) is 0.292. The van der Waals surface area contributed by atoms with E-state index in [1.165, 1.54) is 0 Å². The zero-order chi connectivity index (χ0) is 20.9. The molecule has 0 fully saturated rings. The van der Waals surface area contributed by atoms with Gasteiger partial charge in [0.1, 0.15) is 18.8 Å². The van der Waals surface area contributed by atoms with Gasteiger partial charge in [0.05, 0.1) is 10.6 Å². The Kier molecular flexibility index (Phi) is 6.83. The van der Waals surface area contributed by atoms with Crippen LogP contribution in [-0.4, -0.2) is 33.0 Å². The number of carbonyl (C=O) groups is 1. The van der Waals surface area contributed by atoms with E-state index in [0.717, 1.165) is 16.2 Å². The summed E-state index contributed by atoms with van der Waals surface area (Å²) in [6.45, 7) is 5.18. The molecule has 0 saturated carbocycles. The van der Waals surface area contributed by atoms with Gasteiger partial charge in [-0.1, -0.05) is 62.4 Å². The molecular formula is C24H28NO3S+. The largest absolute Gasteiger partial charge is 0.296 e. The van der Waals surface area contributed by atoms with Gasteiger partial charge in [-0.05, 0) is 35.8 Å². The molecule has 0 bridgehead atoms. The van der Waals surface area contributed by atoms with Crippen molar-refractivity contribution in [3.63, 3.8) is 0 Å². The van der Waals surface area contributed by atoms with E-state index in [2.05, 4.69) is 13.8 Å². The van der Waals surface area contributed by atoms with Gasteiger partial charge >= 0.3 is 0 Å². The molecule has 1 aliphatic rings. The van der Waals surface area contributed by atoms with Crippen LogP contribution in [0.25, 0.3) is 0 Å². The Morgan fingerprint density at radius 3 is 2.38 bits per heavy atom. The molecule has 0 aromatic heterocycles. The first-order chi connectivity index (χ1) is 13.9. The first-order valence-electron chi connectivity index (χ1n) is 9.98. The van der Waals surface area contributed by atoms with E-state index >= 15 is 0 Å². The normalized spacial score (nSPS) is 16.7. The average Bonchev–Trinajstić information content (AvgIpc) is 2.74. The standard InChI is InChI=1S/C24H27NO3S/c1-19(2)20-11-13-23(14-12-20)29(27,28)17-15-22-10-6-7-16-25(22)18-24(26)21-8-4-3-5-9-21/h3-14,19H,15-18H2,1-2H3/p+1. The predicted molar refractivity (Wildman–Crippen MR) is 116 cm³/mol. The lowest BCUT2D eigenvalue weighted by atomic mass is 10.0. The van der Waals surface area contributed by atoms with Crippen molar-refractivity contribution >= 4 is 15.6 Å². The van der Waals surface area contributed by atoms with Gasteiger partial charge in [0.15, 0.2) is 9.84 Å². The molecule has 0 aliphatic carbocycles. The molecular weight excluding hydrogens is 382 g/mol. The van der Waals surface area contributed by atoms with Crippen molar-refractivity contribution in [2.75, 3.05) is 18.8 Å². The van der Waals surface area contributed by atoms with Crippen molar-refractivity contribution in [3.05, 3.63) is 89.6 Å². The Hall–Kier alpha value is -2.50. The first kappa shape index (κ1) is 21.2. The number of quaternary nitrogens is 1. The van der Waals surface area contributed by atoms with E-state index < -0.39 is 9.84 Å². The highest BCUT2D eigenvalue weighted by Gasteiger charge is 2.24. The van der Waals surface area contributed by atoms with Crippen LogP contribution in [0.15, 0.2) is 83.4 Å². The molecule has 1 aliphatic heterocycles. The van der Waals surface area contributed by atoms with E-state index in [4.69, 9.17) is 0 Å². The maximum Gasteiger partial charge on any atom is 0.217 e. The lowest BCUT2D eigenvalue weighted by molar-refractivity contribution is -0.847. The van der Waals surface area contributed by atoms with Gasteiger partial charge in [0.2, 0.25) is 5.78 Å². The van der Waals surface area contributed by atoms with E-state index in [-0.39, 0.29) is 11.5 Å². The fourth-order valence-electron chi connectivity index (χ4n) is 3.43. The summed E-state index contributed by atoms with van der Waals surface area (Å²) >= 11 is 0. The summed E-state index contributed by atoms with van der Waals surface area (Å²) < 4.78 is 25.6. The van der Waals surface area contributed by atoms with E-state index in [1.54, 1.807) is 12.1 Å². The number of benzene rings is 2. The molecule has 29 heavy (non-hydrogen) atoms. The second-order valence-corrected chi connectivity index (χ2v) is 9.80. The number of carbonyl (C=O) groups excluding carboxylic acids is 1. The molecule has 2 aromatic rings. The van der Waals surface area contributed by atoms with E-state index in [0.29, 0.717) is 35.9 Å². The molecule has 1 unspecified atom stereocenters. The number of ketones is 1. The Labute approximate surface area is 173 Å². The SMILES string of the molecule is CC(C)c1ccc(S(=O)(=O)CCC2=CC=CC[NH+]2CC(=O)c2ccccc2)cc1. The van der Waals surface area contributed by atoms with Crippen LogP contribution in [0, 0.1) is 0 Å². The van der Waals surface area contributed by atoms with Crippen LogP contribution in [-0.2, 0) is 9.84 Å². The minimum atomic E-state index is -3.37. The molecule has 1 N–H and O–H groups in total. The number of hydrogen-bond donors (Lipinski definition) is 1. The monoisotopic (exact) mass is 410 g/mol. The summed E-state index contributed by atoms with van der Waals surface area (Å²) in [4.78, 5) is 13.9. The molecule has 0 saturated heterocycles. The second kappa shape index (κ2) is 9.33. The van der Waals surface area contributed by atoms with Crippen LogP contribution in [0.5, 0.6) is 0 Å². The molecule has 5 heteroatoms. The van der Waals surface area contributed by atoms with Gasteiger partial charge in [-0.25, -0.2) is 8.42 Å². The summed E-state index contributed by atoms with van der Waals surface area (Å²) in [5.41, 5.74) is 2.77. The first-order valence-corrected chi connectivity index (χ1v) is 11.6. The molecule has 1 atom stereocenters. The lowest BCUT2D eigenvalue weighted by Gasteiger charge is -2.22. The molecule has 0 spiro atoms. The number of sulfone groups is 1. The van der Waals surface area contributed by atoms with Crippen LogP contribution in [0.1, 0.15) is 42.1 Å². The lowest BCUT2D eigenvalue weighted by Crippen LogP contribution is -3.11. The number of rotatable bonds is 8. The van der Waals surface area contributed by atoms with Gasteiger partial charge in [0.25, 0.3) is 0 Å². The molecule has 152 valence electrons. The summed E-state index contributed by atoms with van der Waals surface area (Å²) in [6, 6.07) is 16.4. The number of nitrogens with one attached hydrogen (secondary N) is 1. The minimum Gasteiger partial charge on any atom is -0.296 e.